The molecule has 126 valence electrons. The molecule has 0 radical (unpaired) electrons. The maximum atomic E-state index is 12.5. The van der Waals surface area contributed by atoms with Crippen molar-refractivity contribution in [3.63, 3.8) is 0 Å². The average molecular weight is 337 g/mol. The number of esters is 1. The molecule has 1 atom stereocenters. The zero-order chi connectivity index (χ0) is 17.8. The number of rotatable bonds is 4. The van der Waals surface area contributed by atoms with Crippen molar-refractivity contribution in [2.45, 2.75) is 6.04 Å². The molecular weight excluding hydrogens is 322 g/mol. The normalized spacial score (nSPS) is 11.7. The van der Waals surface area contributed by atoms with Gasteiger partial charge in [0.25, 0.3) is 5.91 Å². The van der Waals surface area contributed by atoms with Crippen LogP contribution in [0.3, 0.4) is 0 Å². The molecule has 0 saturated heterocycles. The fraction of sp³-hybridized carbons (Fsp3) is 0.111. The van der Waals surface area contributed by atoms with Crippen LogP contribution >= 0.6 is 0 Å². The number of methoxy groups -OCH3 is 1. The zero-order valence-electron chi connectivity index (χ0n) is 13.4. The number of benzene rings is 2. The van der Waals surface area contributed by atoms with Crippen LogP contribution in [0, 0.1) is 5.21 Å². The highest BCUT2D eigenvalue weighted by molar-refractivity contribution is 5.96. The Hall–Kier alpha value is -3.48. The summed E-state index contributed by atoms with van der Waals surface area (Å²) in [6.45, 7) is 0. The highest BCUT2D eigenvalue weighted by Crippen LogP contribution is 2.15. The molecule has 1 N–H and O–H groups in total. The predicted octanol–water partition coefficient (Wildman–Crippen LogP) is 1.51. The molecule has 0 bridgehead atoms. The van der Waals surface area contributed by atoms with Crippen molar-refractivity contribution in [1.29, 1.82) is 0 Å². The monoisotopic (exact) mass is 337 g/mol. The molecule has 7 heteroatoms. The predicted molar refractivity (Wildman–Crippen MR) is 89.4 cm³/mol. The number of hydrogen-bond donors (Lipinski definition) is 1. The topological polar surface area (TPSA) is 95.2 Å². The molecule has 1 amide bonds. The lowest BCUT2D eigenvalue weighted by atomic mass is 10.1. The summed E-state index contributed by atoms with van der Waals surface area (Å²) in [6, 6.07) is 14.4. The Labute approximate surface area is 143 Å². The highest BCUT2D eigenvalue weighted by atomic mass is 16.5. The van der Waals surface area contributed by atoms with Crippen molar-refractivity contribution in [3.05, 3.63) is 77.3 Å². The maximum absolute atomic E-state index is 12.5. The number of fused-ring (bicyclic) bond motifs is 1. The van der Waals surface area contributed by atoms with Crippen LogP contribution in [0.15, 0.2) is 60.8 Å². The van der Waals surface area contributed by atoms with Gasteiger partial charge >= 0.3 is 5.97 Å². The van der Waals surface area contributed by atoms with Gasteiger partial charge in [-0.1, -0.05) is 42.5 Å². The molecule has 1 unspecified atom stereocenters. The largest absolute Gasteiger partial charge is 0.618 e. The quantitative estimate of drug-likeness (QED) is 0.442. The summed E-state index contributed by atoms with van der Waals surface area (Å²) in [7, 11) is 1.24. The maximum Gasteiger partial charge on any atom is 0.333 e. The van der Waals surface area contributed by atoms with Crippen LogP contribution in [0.25, 0.3) is 11.0 Å². The van der Waals surface area contributed by atoms with Crippen LogP contribution in [0.4, 0.5) is 0 Å². The lowest BCUT2D eigenvalue weighted by Gasteiger charge is -2.16. The van der Waals surface area contributed by atoms with E-state index in [1.54, 1.807) is 54.6 Å². The third kappa shape index (κ3) is 3.40. The minimum Gasteiger partial charge on any atom is -0.618 e. The van der Waals surface area contributed by atoms with E-state index in [0.717, 1.165) is 6.20 Å². The Balaban J connectivity index is 1.93. The van der Waals surface area contributed by atoms with Gasteiger partial charge in [0, 0.05) is 6.07 Å². The van der Waals surface area contributed by atoms with E-state index in [0.29, 0.717) is 21.3 Å². The standard InChI is InChI=1S/C18H15N3O4/c1-25-18(23)16(12-7-3-2-4-8-12)20-17(22)14-11-21(24)15-10-6-5-9-13(15)19-14/h2-11,16H,1H3,(H,20,22). The Bertz CT molecular complexity index is 928. The molecule has 7 nitrogen and oxygen atoms in total. The molecule has 0 saturated carbocycles. The number of ether oxygens (including phenoxy) is 1. The Kier molecular flexibility index (Phi) is 4.56. The van der Waals surface area contributed by atoms with Gasteiger partial charge in [0.2, 0.25) is 11.7 Å². The third-order valence-corrected chi connectivity index (χ3v) is 3.68. The lowest BCUT2D eigenvalue weighted by molar-refractivity contribution is -0.577. The number of para-hydroxylation sites is 2. The van der Waals surface area contributed by atoms with Gasteiger partial charge in [0.15, 0.2) is 11.7 Å². The molecule has 2 aromatic carbocycles. The fourth-order valence-electron chi connectivity index (χ4n) is 2.44. The zero-order valence-corrected chi connectivity index (χ0v) is 13.4. The van der Waals surface area contributed by atoms with Gasteiger partial charge in [-0.25, -0.2) is 9.78 Å². The molecule has 0 aliphatic rings. The van der Waals surface area contributed by atoms with Crippen LogP contribution in [0.2, 0.25) is 0 Å². The molecule has 1 heterocycles. The van der Waals surface area contributed by atoms with Crippen LogP contribution in [0.1, 0.15) is 22.1 Å². The molecule has 1 aromatic heterocycles. The Morgan fingerprint density at radius 1 is 1.12 bits per heavy atom. The van der Waals surface area contributed by atoms with E-state index >= 15 is 0 Å². The van der Waals surface area contributed by atoms with Crippen molar-refractivity contribution in [3.8, 4) is 0 Å². The van der Waals surface area contributed by atoms with Crippen molar-refractivity contribution >= 4 is 22.9 Å². The minimum atomic E-state index is -0.993. The van der Waals surface area contributed by atoms with Crippen LogP contribution < -0.4 is 10.0 Å². The van der Waals surface area contributed by atoms with E-state index in [2.05, 4.69) is 10.3 Å². The van der Waals surface area contributed by atoms with Crippen LogP contribution in [-0.4, -0.2) is 24.0 Å². The first kappa shape index (κ1) is 16.4. The van der Waals surface area contributed by atoms with Crippen LogP contribution in [-0.2, 0) is 9.53 Å². The van der Waals surface area contributed by atoms with E-state index in [1.165, 1.54) is 7.11 Å². The molecule has 0 aliphatic carbocycles. The second-order valence-electron chi connectivity index (χ2n) is 5.28. The minimum absolute atomic E-state index is 0.0847. The van der Waals surface area contributed by atoms with Gasteiger partial charge in [-0.15, -0.1) is 0 Å². The number of amides is 1. The lowest BCUT2D eigenvalue weighted by Crippen LogP contribution is -2.37. The first-order valence-corrected chi connectivity index (χ1v) is 7.52. The summed E-state index contributed by atoms with van der Waals surface area (Å²) in [5, 5.41) is 14.6. The number of nitrogens with one attached hydrogen (secondary N) is 1. The van der Waals surface area contributed by atoms with Gasteiger partial charge in [-0.05, 0) is 11.6 Å². The molecular formula is C18H15N3O4. The van der Waals surface area contributed by atoms with E-state index in [1.807, 2.05) is 0 Å². The smallest absolute Gasteiger partial charge is 0.333 e. The second-order valence-corrected chi connectivity index (χ2v) is 5.28. The van der Waals surface area contributed by atoms with Crippen LogP contribution in [0.5, 0.6) is 0 Å². The number of hydrogen-bond acceptors (Lipinski definition) is 5. The average Bonchev–Trinajstić information content (AvgIpc) is 2.66. The van der Waals surface area contributed by atoms with Gasteiger partial charge in [0.1, 0.15) is 5.52 Å². The third-order valence-electron chi connectivity index (χ3n) is 3.68. The summed E-state index contributed by atoms with van der Waals surface area (Å²) in [4.78, 5) is 28.7. The SMILES string of the molecule is COC(=O)C(NC(=O)c1c[n+]([O-])c2ccccc2n1)c1ccccc1. The van der Waals surface area contributed by atoms with Crippen molar-refractivity contribution < 1.29 is 19.1 Å². The molecule has 3 aromatic rings. The van der Waals surface area contributed by atoms with Crippen molar-refractivity contribution in [2.75, 3.05) is 7.11 Å². The van der Waals surface area contributed by atoms with Gasteiger partial charge < -0.3 is 15.3 Å². The summed E-state index contributed by atoms with van der Waals surface area (Å²) in [5.41, 5.74) is 1.23. The number of carbonyl (C=O) groups excluding carboxylic acids is 2. The van der Waals surface area contributed by atoms with Crippen molar-refractivity contribution in [2.24, 2.45) is 0 Å². The van der Waals surface area contributed by atoms with Crippen molar-refractivity contribution in [1.82, 2.24) is 10.3 Å². The second kappa shape index (κ2) is 6.96. The van der Waals surface area contributed by atoms with Gasteiger partial charge in [0.05, 0.1) is 7.11 Å². The highest BCUT2D eigenvalue weighted by Gasteiger charge is 2.25. The summed E-state index contributed by atoms with van der Waals surface area (Å²) < 4.78 is 5.33. The number of carbonyl (C=O) groups is 2. The van der Waals surface area contributed by atoms with E-state index in [-0.39, 0.29) is 5.69 Å². The molecule has 0 aliphatic heterocycles. The van der Waals surface area contributed by atoms with E-state index < -0.39 is 17.9 Å². The molecule has 25 heavy (non-hydrogen) atoms. The first-order chi connectivity index (χ1) is 12.1. The molecule has 3 rings (SSSR count). The van der Waals surface area contributed by atoms with Gasteiger partial charge in [-0.3, -0.25) is 4.79 Å². The number of aromatic nitrogens is 2. The first-order valence-electron chi connectivity index (χ1n) is 7.52. The fourth-order valence-corrected chi connectivity index (χ4v) is 2.44. The van der Waals surface area contributed by atoms with E-state index in [9.17, 15) is 14.8 Å². The summed E-state index contributed by atoms with van der Waals surface area (Å²) >= 11 is 0. The van der Waals surface area contributed by atoms with Gasteiger partial charge in [-0.2, -0.15) is 4.73 Å². The molecule has 0 fully saturated rings. The summed E-state index contributed by atoms with van der Waals surface area (Å²) in [6.07, 6.45) is 1.08. The Morgan fingerprint density at radius 3 is 2.52 bits per heavy atom. The molecule has 0 spiro atoms. The van der Waals surface area contributed by atoms with E-state index in [4.69, 9.17) is 4.74 Å². The summed E-state index contributed by atoms with van der Waals surface area (Å²) in [5.74, 6) is -1.26. The number of nitrogens with zero attached hydrogens (tertiary/aromatic N) is 2. The Morgan fingerprint density at radius 2 is 1.80 bits per heavy atom.